The Balaban J connectivity index is 1.52. The van der Waals surface area contributed by atoms with Gasteiger partial charge in [-0.1, -0.05) is 96.3 Å². The summed E-state index contributed by atoms with van der Waals surface area (Å²) in [6.45, 7) is 0. The first-order valence-corrected chi connectivity index (χ1v) is 13.8. The Morgan fingerprint density at radius 1 is 0.455 bits per heavy atom. The highest BCUT2D eigenvalue weighted by molar-refractivity contribution is 6.06. The third-order valence-corrected chi connectivity index (χ3v) is 8.50. The zero-order chi connectivity index (χ0) is 23.0. The Bertz CT molecular complexity index is 699. The van der Waals surface area contributed by atoms with Gasteiger partial charge >= 0.3 is 0 Å². The van der Waals surface area contributed by atoms with Crippen LogP contribution in [0, 0.1) is 17.8 Å². The van der Waals surface area contributed by atoms with Gasteiger partial charge in [0.15, 0.2) is 17.3 Å². The molecule has 0 atom stereocenters. The van der Waals surface area contributed by atoms with Gasteiger partial charge in [0, 0.05) is 36.0 Å². The molecule has 3 nitrogen and oxygen atoms in total. The van der Waals surface area contributed by atoms with Gasteiger partial charge in [-0.3, -0.25) is 14.4 Å². The number of carbonyl (C=O) groups is 3. The van der Waals surface area contributed by atoms with Crippen LogP contribution in [0.4, 0.5) is 0 Å². The highest BCUT2D eigenvalue weighted by atomic mass is 16.1. The number of ketones is 3. The van der Waals surface area contributed by atoms with E-state index >= 15 is 0 Å². The second kappa shape index (κ2) is 12.1. The van der Waals surface area contributed by atoms with Gasteiger partial charge in [0.25, 0.3) is 0 Å². The highest BCUT2D eigenvalue weighted by Gasteiger charge is 2.24. The highest BCUT2D eigenvalue weighted by Crippen LogP contribution is 2.31. The van der Waals surface area contributed by atoms with E-state index in [4.69, 9.17) is 0 Å². The summed E-state index contributed by atoms with van der Waals surface area (Å²) in [5, 5.41) is 0. The summed E-state index contributed by atoms with van der Waals surface area (Å²) < 4.78 is 0. The Labute approximate surface area is 200 Å². The molecule has 0 N–H and O–H groups in total. The van der Waals surface area contributed by atoms with E-state index in [9.17, 15) is 14.4 Å². The lowest BCUT2D eigenvalue weighted by Gasteiger charge is -2.22. The molecular weight excluding hydrogens is 408 g/mol. The van der Waals surface area contributed by atoms with E-state index in [0.717, 1.165) is 38.5 Å². The minimum atomic E-state index is 0.112. The predicted octanol–water partition coefficient (Wildman–Crippen LogP) is 8.15. The van der Waals surface area contributed by atoms with E-state index in [-0.39, 0.29) is 17.3 Å². The van der Waals surface area contributed by atoms with Crippen LogP contribution in [0.5, 0.6) is 0 Å². The number of benzene rings is 1. The molecule has 0 saturated heterocycles. The van der Waals surface area contributed by atoms with Crippen molar-refractivity contribution >= 4 is 17.3 Å². The zero-order valence-corrected chi connectivity index (χ0v) is 20.4. The average Bonchev–Trinajstić information content (AvgIpc) is 2.85. The van der Waals surface area contributed by atoms with Crippen LogP contribution in [-0.2, 0) is 0 Å². The molecule has 1 aromatic carbocycles. The molecule has 0 aliphatic heterocycles. The van der Waals surface area contributed by atoms with Crippen LogP contribution in [0.15, 0.2) is 18.2 Å². The lowest BCUT2D eigenvalue weighted by molar-refractivity contribution is 0.0949. The number of rotatable bonds is 9. The molecule has 0 aromatic heterocycles. The average molecular weight is 451 g/mol. The van der Waals surface area contributed by atoms with Gasteiger partial charge < -0.3 is 0 Å². The minimum absolute atomic E-state index is 0.112. The quantitative estimate of drug-likeness (QED) is 0.357. The molecule has 3 saturated carbocycles. The third-order valence-electron chi connectivity index (χ3n) is 8.50. The van der Waals surface area contributed by atoms with Crippen molar-refractivity contribution in [3.05, 3.63) is 34.9 Å². The first-order chi connectivity index (χ1) is 16.1. The Morgan fingerprint density at radius 2 is 0.697 bits per heavy atom. The lowest BCUT2D eigenvalue weighted by atomic mass is 9.82. The summed E-state index contributed by atoms with van der Waals surface area (Å²) in [5.41, 5.74) is 1.76. The van der Waals surface area contributed by atoms with Crippen molar-refractivity contribution in [2.45, 2.75) is 116 Å². The summed E-state index contributed by atoms with van der Waals surface area (Å²) in [4.78, 5) is 39.7. The molecule has 4 rings (SSSR count). The smallest absolute Gasteiger partial charge is 0.163 e. The second-order valence-corrected chi connectivity index (χ2v) is 11.2. The van der Waals surface area contributed by atoms with E-state index in [1.807, 2.05) is 0 Å². The predicted molar refractivity (Wildman–Crippen MR) is 133 cm³/mol. The third kappa shape index (κ3) is 7.11. The second-order valence-electron chi connectivity index (χ2n) is 11.2. The van der Waals surface area contributed by atoms with Gasteiger partial charge in [0.05, 0.1) is 0 Å². The van der Waals surface area contributed by atoms with Crippen LogP contribution >= 0.6 is 0 Å². The number of hydrogen-bond acceptors (Lipinski definition) is 3. The van der Waals surface area contributed by atoms with Crippen molar-refractivity contribution in [1.82, 2.24) is 0 Å². The van der Waals surface area contributed by atoms with Gasteiger partial charge in [-0.05, 0) is 36.0 Å². The molecule has 0 spiro atoms. The number of Topliss-reactive ketones (excluding diaryl/α,β-unsaturated/α-hetero) is 3. The fourth-order valence-electron chi connectivity index (χ4n) is 6.42. The summed E-state index contributed by atoms with van der Waals surface area (Å²) in [6.07, 6.45) is 19.5. The van der Waals surface area contributed by atoms with E-state index in [0.29, 0.717) is 53.7 Å². The Hall–Kier alpha value is -1.77. The van der Waals surface area contributed by atoms with Crippen molar-refractivity contribution in [1.29, 1.82) is 0 Å². The minimum Gasteiger partial charge on any atom is -0.294 e. The molecule has 33 heavy (non-hydrogen) atoms. The van der Waals surface area contributed by atoms with Crippen molar-refractivity contribution in [3.8, 4) is 0 Å². The zero-order valence-electron chi connectivity index (χ0n) is 20.4. The maximum Gasteiger partial charge on any atom is 0.163 e. The maximum absolute atomic E-state index is 13.2. The fraction of sp³-hybridized carbons (Fsp3) is 0.700. The Kier molecular flexibility index (Phi) is 8.92. The van der Waals surface area contributed by atoms with E-state index < -0.39 is 0 Å². The molecule has 0 amide bonds. The summed E-state index contributed by atoms with van der Waals surface area (Å²) in [6, 6.07) is 5.40. The molecule has 0 unspecified atom stereocenters. The number of carbonyl (C=O) groups excluding carboxylic acids is 3. The summed E-state index contributed by atoms with van der Waals surface area (Å²) >= 11 is 0. The van der Waals surface area contributed by atoms with Crippen molar-refractivity contribution in [2.24, 2.45) is 17.8 Å². The molecule has 3 aliphatic carbocycles. The summed E-state index contributed by atoms with van der Waals surface area (Å²) in [5.74, 6) is 1.69. The molecular formula is C30H42O3. The Morgan fingerprint density at radius 3 is 0.939 bits per heavy atom. The van der Waals surface area contributed by atoms with Gasteiger partial charge in [0.2, 0.25) is 0 Å². The van der Waals surface area contributed by atoms with Crippen molar-refractivity contribution in [3.63, 3.8) is 0 Å². The summed E-state index contributed by atoms with van der Waals surface area (Å²) in [7, 11) is 0. The normalized spacial score (nSPS) is 21.1. The first kappa shape index (κ1) is 24.4. The van der Waals surface area contributed by atoms with Crippen molar-refractivity contribution in [2.75, 3.05) is 0 Å². The SMILES string of the molecule is O=C(CC1CCCCC1)c1cc(C(=O)CC2CCCCC2)cc(C(=O)CC2CCCCC2)c1. The van der Waals surface area contributed by atoms with E-state index in [2.05, 4.69) is 0 Å². The lowest BCUT2D eigenvalue weighted by Crippen LogP contribution is -2.17. The topological polar surface area (TPSA) is 51.2 Å². The molecule has 3 aliphatic rings. The molecule has 0 heterocycles. The van der Waals surface area contributed by atoms with E-state index in [1.165, 1.54) is 57.8 Å². The fourth-order valence-corrected chi connectivity index (χ4v) is 6.42. The molecule has 1 aromatic rings. The molecule has 3 fully saturated rings. The monoisotopic (exact) mass is 450 g/mol. The molecule has 0 bridgehead atoms. The molecule has 180 valence electrons. The maximum atomic E-state index is 13.2. The van der Waals surface area contributed by atoms with Crippen LogP contribution < -0.4 is 0 Å². The largest absolute Gasteiger partial charge is 0.294 e. The van der Waals surface area contributed by atoms with Gasteiger partial charge in [0.1, 0.15) is 0 Å². The van der Waals surface area contributed by atoms with Crippen molar-refractivity contribution < 1.29 is 14.4 Å². The first-order valence-electron chi connectivity index (χ1n) is 13.8. The molecule has 3 heteroatoms. The van der Waals surface area contributed by atoms with Crippen LogP contribution in [0.2, 0.25) is 0 Å². The van der Waals surface area contributed by atoms with Crippen LogP contribution in [0.3, 0.4) is 0 Å². The van der Waals surface area contributed by atoms with Gasteiger partial charge in [-0.2, -0.15) is 0 Å². The van der Waals surface area contributed by atoms with Gasteiger partial charge in [-0.25, -0.2) is 0 Å². The van der Waals surface area contributed by atoms with Gasteiger partial charge in [-0.15, -0.1) is 0 Å². The van der Waals surface area contributed by atoms with Crippen LogP contribution in [0.25, 0.3) is 0 Å². The standard InChI is InChI=1S/C30H42O3/c31-28(16-22-10-4-1-5-11-22)25-19-26(29(32)17-23-12-6-2-7-13-23)21-27(20-25)30(33)18-24-14-8-3-9-15-24/h19-24H,1-18H2. The van der Waals surface area contributed by atoms with Crippen LogP contribution in [0.1, 0.15) is 147 Å². The van der Waals surface area contributed by atoms with Crippen LogP contribution in [-0.4, -0.2) is 17.3 Å². The molecule has 0 radical (unpaired) electrons. The van der Waals surface area contributed by atoms with E-state index in [1.54, 1.807) is 18.2 Å². The number of hydrogen-bond donors (Lipinski definition) is 0.